The second-order valence-corrected chi connectivity index (χ2v) is 4.73. The second kappa shape index (κ2) is 4.86. The van der Waals surface area contributed by atoms with E-state index in [1.165, 1.54) is 0 Å². The van der Waals surface area contributed by atoms with E-state index in [0.717, 1.165) is 22.2 Å². The molecule has 0 aliphatic heterocycles. The van der Waals surface area contributed by atoms with Crippen molar-refractivity contribution in [1.29, 1.82) is 0 Å². The highest BCUT2D eigenvalue weighted by Crippen LogP contribution is 2.25. The molecule has 1 unspecified atom stereocenters. The lowest BCUT2D eigenvalue weighted by Gasteiger charge is -2.08. The Bertz CT molecular complexity index is 688. The number of hydrogen-bond acceptors (Lipinski definition) is 2. The molecule has 1 atom stereocenters. The SMILES string of the molecule is Cn1nc(C(O)Cc2ccccc2)c2ccccc21. The molecular weight excluding hydrogens is 236 g/mol. The van der Waals surface area contributed by atoms with E-state index in [0.29, 0.717) is 6.42 Å². The molecule has 0 amide bonds. The van der Waals surface area contributed by atoms with E-state index in [1.807, 2.05) is 66.3 Å². The summed E-state index contributed by atoms with van der Waals surface area (Å²) in [4.78, 5) is 0. The van der Waals surface area contributed by atoms with Gasteiger partial charge in [-0.3, -0.25) is 4.68 Å². The summed E-state index contributed by atoms with van der Waals surface area (Å²) >= 11 is 0. The maximum atomic E-state index is 10.4. The van der Waals surface area contributed by atoms with Gasteiger partial charge in [-0.05, 0) is 11.6 Å². The third-order valence-electron chi connectivity index (χ3n) is 3.37. The van der Waals surface area contributed by atoms with Gasteiger partial charge in [0.25, 0.3) is 0 Å². The lowest BCUT2D eigenvalue weighted by Crippen LogP contribution is -2.03. The number of aromatic nitrogens is 2. The normalized spacial score (nSPS) is 12.7. The first-order chi connectivity index (χ1) is 9.25. The first-order valence-electron chi connectivity index (χ1n) is 6.39. The van der Waals surface area contributed by atoms with Gasteiger partial charge < -0.3 is 5.11 Å². The number of para-hydroxylation sites is 1. The summed E-state index contributed by atoms with van der Waals surface area (Å²) < 4.78 is 1.82. The molecule has 96 valence electrons. The zero-order chi connectivity index (χ0) is 13.2. The minimum Gasteiger partial charge on any atom is -0.386 e. The summed E-state index contributed by atoms with van der Waals surface area (Å²) in [5.41, 5.74) is 2.91. The van der Waals surface area contributed by atoms with Gasteiger partial charge in [0.15, 0.2) is 0 Å². The summed E-state index contributed by atoms with van der Waals surface area (Å²) in [6, 6.07) is 18.0. The number of hydrogen-bond donors (Lipinski definition) is 1. The summed E-state index contributed by atoms with van der Waals surface area (Å²) in [5, 5.41) is 15.9. The predicted octanol–water partition coefficient (Wildman–Crippen LogP) is 2.85. The van der Waals surface area contributed by atoms with Gasteiger partial charge in [-0.25, -0.2) is 0 Å². The standard InChI is InChI=1S/C16H16N2O/c1-18-14-10-6-5-9-13(14)16(17-18)15(19)11-12-7-3-2-4-8-12/h2-10,15,19H,11H2,1H3. The van der Waals surface area contributed by atoms with E-state index in [4.69, 9.17) is 0 Å². The Labute approximate surface area is 112 Å². The Balaban J connectivity index is 1.96. The minimum atomic E-state index is -0.575. The van der Waals surface area contributed by atoms with E-state index < -0.39 is 6.10 Å². The summed E-state index contributed by atoms with van der Waals surface area (Å²) in [6.07, 6.45) is 0.00970. The molecular formula is C16H16N2O. The topological polar surface area (TPSA) is 38.0 Å². The lowest BCUT2D eigenvalue weighted by atomic mass is 10.0. The fourth-order valence-corrected chi connectivity index (χ4v) is 2.42. The molecule has 3 aromatic rings. The van der Waals surface area contributed by atoms with E-state index in [-0.39, 0.29) is 0 Å². The first-order valence-corrected chi connectivity index (χ1v) is 6.39. The molecule has 1 heterocycles. The smallest absolute Gasteiger partial charge is 0.102 e. The number of aliphatic hydroxyl groups excluding tert-OH is 1. The highest BCUT2D eigenvalue weighted by Gasteiger charge is 2.16. The number of benzene rings is 2. The number of aryl methyl sites for hydroxylation is 1. The van der Waals surface area contributed by atoms with Gasteiger partial charge >= 0.3 is 0 Å². The van der Waals surface area contributed by atoms with Gasteiger partial charge in [-0.1, -0.05) is 48.5 Å². The number of rotatable bonds is 3. The Morgan fingerprint density at radius 3 is 2.53 bits per heavy atom. The summed E-state index contributed by atoms with van der Waals surface area (Å²) in [6.45, 7) is 0. The fraction of sp³-hybridized carbons (Fsp3) is 0.188. The van der Waals surface area contributed by atoms with Crippen LogP contribution in [0.1, 0.15) is 17.4 Å². The molecule has 0 saturated heterocycles. The monoisotopic (exact) mass is 252 g/mol. The van der Waals surface area contributed by atoms with Crippen LogP contribution in [0.4, 0.5) is 0 Å². The van der Waals surface area contributed by atoms with E-state index in [1.54, 1.807) is 0 Å². The Hall–Kier alpha value is -2.13. The molecule has 0 bridgehead atoms. The van der Waals surface area contributed by atoms with Gasteiger partial charge in [0, 0.05) is 18.9 Å². The molecule has 3 heteroatoms. The lowest BCUT2D eigenvalue weighted by molar-refractivity contribution is 0.174. The fourth-order valence-electron chi connectivity index (χ4n) is 2.42. The van der Waals surface area contributed by atoms with Gasteiger partial charge in [-0.15, -0.1) is 0 Å². The van der Waals surface area contributed by atoms with Gasteiger partial charge in [-0.2, -0.15) is 5.10 Å². The van der Waals surface area contributed by atoms with Gasteiger partial charge in [0.05, 0.1) is 11.2 Å². The molecule has 0 fully saturated rings. The van der Waals surface area contributed by atoms with Crippen molar-refractivity contribution in [2.24, 2.45) is 7.05 Å². The van der Waals surface area contributed by atoms with Crippen LogP contribution < -0.4 is 0 Å². The van der Waals surface area contributed by atoms with Crippen molar-refractivity contribution in [2.45, 2.75) is 12.5 Å². The highest BCUT2D eigenvalue weighted by molar-refractivity contribution is 5.82. The zero-order valence-corrected chi connectivity index (χ0v) is 10.8. The summed E-state index contributed by atoms with van der Waals surface area (Å²) in [5.74, 6) is 0. The average molecular weight is 252 g/mol. The Morgan fingerprint density at radius 1 is 1.05 bits per heavy atom. The highest BCUT2D eigenvalue weighted by atomic mass is 16.3. The quantitative estimate of drug-likeness (QED) is 0.778. The number of aliphatic hydroxyl groups is 1. The molecule has 19 heavy (non-hydrogen) atoms. The number of fused-ring (bicyclic) bond motifs is 1. The average Bonchev–Trinajstić information content (AvgIpc) is 2.78. The van der Waals surface area contributed by atoms with Crippen LogP contribution in [0.15, 0.2) is 54.6 Å². The van der Waals surface area contributed by atoms with Crippen molar-refractivity contribution in [2.75, 3.05) is 0 Å². The zero-order valence-electron chi connectivity index (χ0n) is 10.8. The van der Waals surface area contributed by atoms with Gasteiger partial charge in [0.1, 0.15) is 6.10 Å². The van der Waals surface area contributed by atoms with Crippen LogP contribution in [0.2, 0.25) is 0 Å². The van der Waals surface area contributed by atoms with Crippen molar-refractivity contribution >= 4 is 10.9 Å². The summed E-state index contributed by atoms with van der Waals surface area (Å²) in [7, 11) is 1.90. The molecule has 1 N–H and O–H groups in total. The van der Waals surface area contributed by atoms with E-state index in [2.05, 4.69) is 5.10 Å². The first kappa shape index (κ1) is 11.9. The molecule has 0 radical (unpaired) electrons. The van der Waals surface area contributed by atoms with Crippen molar-refractivity contribution in [3.8, 4) is 0 Å². The molecule has 3 nitrogen and oxygen atoms in total. The molecule has 0 spiro atoms. The Kier molecular flexibility index (Phi) is 3.05. The third-order valence-corrected chi connectivity index (χ3v) is 3.37. The van der Waals surface area contributed by atoms with Gasteiger partial charge in [0.2, 0.25) is 0 Å². The maximum Gasteiger partial charge on any atom is 0.102 e. The molecule has 0 aliphatic carbocycles. The second-order valence-electron chi connectivity index (χ2n) is 4.73. The van der Waals surface area contributed by atoms with Crippen LogP contribution >= 0.6 is 0 Å². The van der Waals surface area contributed by atoms with Crippen LogP contribution in [-0.2, 0) is 13.5 Å². The van der Waals surface area contributed by atoms with Crippen LogP contribution in [0, 0.1) is 0 Å². The molecule has 1 aromatic heterocycles. The predicted molar refractivity (Wildman–Crippen MR) is 75.8 cm³/mol. The Morgan fingerprint density at radius 2 is 1.74 bits per heavy atom. The van der Waals surface area contributed by atoms with Crippen molar-refractivity contribution in [3.05, 3.63) is 65.9 Å². The minimum absolute atomic E-state index is 0.575. The largest absolute Gasteiger partial charge is 0.386 e. The van der Waals surface area contributed by atoms with Crippen LogP contribution in [0.3, 0.4) is 0 Å². The maximum absolute atomic E-state index is 10.4. The van der Waals surface area contributed by atoms with Crippen molar-refractivity contribution in [3.63, 3.8) is 0 Å². The van der Waals surface area contributed by atoms with Crippen LogP contribution in [-0.4, -0.2) is 14.9 Å². The number of nitrogens with zero attached hydrogens (tertiary/aromatic N) is 2. The van der Waals surface area contributed by atoms with Crippen LogP contribution in [0.5, 0.6) is 0 Å². The third kappa shape index (κ3) is 2.25. The van der Waals surface area contributed by atoms with Crippen LogP contribution in [0.25, 0.3) is 10.9 Å². The van der Waals surface area contributed by atoms with E-state index in [9.17, 15) is 5.11 Å². The van der Waals surface area contributed by atoms with Crippen molar-refractivity contribution in [1.82, 2.24) is 9.78 Å². The van der Waals surface area contributed by atoms with Crippen molar-refractivity contribution < 1.29 is 5.11 Å². The molecule has 0 aliphatic rings. The van der Waals surface area contributed by atoms with E-state index >= 15 is 0 Å². The molecule has 2 aromatic carbocycles. The molecule has 0 saturated carbocycles. The molecule has 3 rings (SSSR count).